The fraction of sp³-hybridized carbons (Fsp3) is 0.276. The molecule has 1 aliphatic heterocycles. The molecule has 0 saturated heterocycles. The first-order valence-corrected chi connectivity index (χ1v) is 14.5. The number of aryl methyl sites for hydroxylation is 1. The van der Waals surface area contributed by atoms with Crippen molar-refractivity contribution in [3.05, 3.63) is 88.6 Å². The third kappa shape index (κ3) is 5.13. The standard InChI is InChI=1S/C29H29FN4O2S2/c1-4-19(3)31-24(35)16-33-25(36)17-38-28(20-11-13-21(30)14-12-20)26-27(23-10-7-15-37-23)32-34(29(26)33)22-9-6-5-8-18(22)2/h5-15,19,28H,4,16-17H2,1-3H3,(H,31,35)/t19-,28+/m0/s1. The number of benzene rings is 2. The lowest BCUT2D eigenvalue weighted by Gasteiger charge is -2.24. The lowest BCUT2D eigenvalue weighted by Crippen LogP contribution is -2.44. The number of rotatable bonds is 7. The van der Waals surface area contributed by atoms with Gasteiger partial charge in [-0.2, -0.15) is 5.10 Å². The van der Waals surface area contributed by atoms with Crippen molar-refractivity contribution in [2.75, 3.05) is 17.2 Å². The summed E-state index contributed by atoms with van der Waals surface area (Å²) in [6.45, 7) is 5.83. The molecule has 0 radical (unpaired) electrons. The van der Waals surface area contributed by atoms with Gasteiger partial charge in [0, 0.05) is 11.6 Å². The van der Waals surface area contributed by atoms with Gasteiger partial charge in [0.25, 0.3) is 0 Å². The summed E-state index contributed by atoms with van der Waals surface area (Å²) in [4.78, 5) is 29.3. The van der Waals surface area contributed by atoms with E-state index in [-0.39, 0.29) is 41.2 Å². The van der Waals surface area contributed by atoms with E-state index in [1.54, 1.807) is 33.1 Å². The van der Waals surface area contributed by atoms with E-state index in [0.717, 1.165) is 39.4 Å². The van der Waals surface area contributed by atoms with Gasteiger partial charge in [0.05, 0.1) is 21.6 Å². The smallest absolute Gasteiger partial charge is 0.240 e. The highest BCUT2D eigenvalue weighted by Gasteiger charge is 2.38. The van der Waals surface area contributed by atoms with Gasteiger partial charge < -0.3 is 5.32 Å². The van der Waals surface area contributed by atoms with Crippen molar-refractivity contribution in [2.45, 2.75) is 38.5 Å². The van der Waals surface area contributed by atoms with Crippen LogP contribution in [0.2, 0.25) is 0 Å². The van der Waals surface area contributed by atoms with Gasteiger partial charge in [0.1, 0.15) is 23.9 Å². The highest BCUT2D eigenvalue weighted by atomic mass is 32.2. The zero-order chi connectivity index (χ0) is 26.8. The molecule has 0 spiro atoms. The maximum absolute atomic E-state index is 13.9. The molecule has 6 nitrogen and oxygen atoms in total. The van der Waals surface area contributed by atoms with Gasteiger partial charge in [-0.1, -0.05) is 43.3 Å². The molecule has 2 atom stereocenters. The molecule has 0 fully saturated rings. The predicted octanol–water partition coefficient (Wildman–Crippen LogP) is 6.13. The minimum Gasteiger partial charge on any atom is -0.352 e. The molecule has 9 heteroatoms. The molecule has 2 aromatic carbocycles. The first-order valence-electron chi connectivity index (χ1n) is 12.6. The lowest BCUT2D eigenvalue weighted by atomic mass is 10.0. The van der Waals surface area contributed by atoms with Crippen molar-refractivity contribution in [1.82, 2.24) is 15.1 Å². The molecule has 1 N–H and O–H groups in total. The number of halogens is 1. The van der Waals surface area contributed by atoms with E-state index in [9.17, 15) is 14.0 Å². The molecule has 3 heterocycles. The van der Waals surface area contributed by atoms with Crippen LogP contribution in [0, 0.1) is 12.7 Å². The number of nitrogens with zero attached hydrogens (tertiary/aromatic N) is 3. The molecule has 2 amide bonds. The average Bonchev–Trinajstić information content (AvgIpc) is 3.54. The monoisotopic (exact) mass is 548 g/mol. The molecule has 0 saturated carbocycles. The number of aromatic nitrogens is 2. The minimum absolute atomic E-state index is 0.00616. The fourth-order valence-electron chi connectivity index (χ4n) is 4.55. The Morgan fingerprint density at radius 2 is 1.92 bits per heavy atom. The highest BCUT2D eigenvalue weighted by Crippen LogP contribution is 2.49. The molecule has 2 aromatic heterocycles. The Morgan fingerprint density at radius 3 is 2.61 bits per heavy atom. The summed E-state index contributed by atoms with van der Waals surface area (Å²) in [6.07, 6.45) is 0.789. The van der Waals surface area contributed by atoms with Crippen LogP contribution in [-0.4, -0.2) is 39.9 Å². The summed E-state index contributed by atoms with van der Waals surface area (Å²) in [6, 6.07) is 18.2. The predicted molar refractivity (Wildman–Crippen MR) is 153 cm³/mol. The largest absolute Gasteiger partial charge is 0.352 e. The molecular weight excluding hydrogens is 519 g/mol. The van der Waals surface area contributed by atoms with Crippen LogP contribution in [0.4, 0.5) is 10.2 Å². The Morgan fingerprint density at radius 1 is 1.16 bits per heavy atom. The summed E-state index contributed by atoms with van der Waals surface area (Å²) in [7, 11) is 0. The number of anilines is 1. The van der Waals surface area contributed by atoms with Crippen LogP contribution in [0.5, 0.6) is 0 Å². The van der Waals surface area contributed by atoms with Gasteiger partial charge in [0.2, 0.25) is 11.8 Å². The van der Waals surface area contributed by atoms with Crippen LogP contribution >= 0.6 is 23.1 Å². The third-order valence-corrected chi connectivity index (χ3v) is 8.81. The van der Waals surface area contributed by atoms with E-state index in [1.807, 2.05) is 62.5 Å². The van der Waals surface area contributed by atoms with Gasteiger partial charge in [-0.15, -0.1) is 23.1 Å². The number of carbonyl (C=O) groups is 2. The second-order valence-corrected chi connectivity index (χ2v) is 11.4. The van der Waals surface area contributed by atoms with E-state index < -0.39 is 0 Å². The average molecular weight is 549 g/mol. The van der Waals surface area contributed by atoms with Gasteiger partial charge in [0.15, 0.2) is 0 Å². The first-order chi connectivity index (χ1) is 18.4. The number of carbonyl (C=O) groups excluding carboxylic acids is 2. The van der Waals surface area contributed by atoms with Crippen molar-refractivity contribution in [3.8, 4) is 16.3 Å². The molecule has 4 aromatic rings. The number of fused-ring (bicyclic) bond motifs is 1. The number of nitrogens with one attached hydrogen (secondary N) is 1. The minimum atomic E-state index is -0.318. The van der Waals surface area contributed by atoms with Crippen LogP contribution < -0.4 is 10.2 Å². The maximum atomic E-state index is 13.9. The molecule has 0 unspecified atom stereocenters. The molecule has 0 aliphatic carbocycles. The van der Waals surface area contributed by atoms with Crippen molar-refractivity contribution in [2.24, 2.45) is 0 Å². The second-order valence-electron chi connectivity index (χ2n) is 9.36. The van der Waals surface area contributed by atoms with E-state index in [2.05, 4.69) is 5.32 Å². The van der Waals surface area contributed by atoms with Crippen molar-refractivity contribution in [3.63, 3.8) is 0 Å². The summed E-state index contributed by atoms with van der Waals surface area (Å²) >= 11 is 3.04. The van der Waals surface area contributed by atoms with Gasteiger partial charge in [-0.3, -0.25) is 14.5 Å². The Bertz CT molecular complexity index is 1450. The Labute approximate surface area is 229 Å². The van der Waals surface area contributed by atoms with Crippen molar-refractivity contribution >= 4 is 40.7 Å². The number of amides is 2. The zero-order valence-corrected chi connectivity index (χ0v) is 23.1. The van der Waals surface area contributed by atoms with Crippen molar-refractivity contribution in [1.29, 1.82) is 0 Å². The van der Waals surface area contributed by atoms with E-state index in [0.29, 0.717) is 5.82 Å². The second kappa shape index (κ2) is 11.1. The number of hydrogen-bond donors (Lipinski definition) is 1. The molecule has 0 bridgehead atoms. The van der Waals surface area contributed by atoms with Crippen LogP contribution in [0.1, 0.15) is 42.2 Å². The lowest BCUT2D eigenvalue weighted by molar-refractivity contribution is -0.123. The number of thioether (sulfide) groups is 1. The Hall–Kier alpha value is -3.43. The SMILES string of the molecule is CC[C@H](C)NC(=O)CN1C(=O)CS[C@H](c2ccc(F)cc2)c2c(-c3cccs3)nn(-c3ccccc3C)c21. The van der Waals surface area contributed by atoms with Crippen LogP contribution in [0.3, 0.4) is 0 Å². The van der Waals surface area contributed by atoms with Crippen LogP contribution in [0.15, 0.2) is 66.0 Å². The maximum Gasteiger partial charge on any atom is 0.240 e. The summed E-state index contributed by atoms with van der Waals surface area (Å²) in [5.41, 5.74) is 4.29. The Balaban J connectivity index is 1.77. The van der Waals surface area contributed by atoms with E-state index >= 15 is 0 Å². The number of para-hydroxylation sites is 1. The van der Waals surface area contributed by atoms with Gasteiger partial charge >= 0.3 is 0 Å². The van der Waals surface area contributed by atoms with Crippen molar-refractivity contribution < 1.29 is 14.0 Å². The van der Waals surface area contributed by atoms with Gasteiger partial charge in [-0.25, -0.2) is 9.07 Å². The molecule has 196 valence electrons. The number of thiophene rings is 1. The first kappa shape index (κ1) is 26.2. The molecule has 1 aliphatic rings. The topological polar surface area (TPSA) is 67.2 Å². The molecule has 5 rings (SSSR count). The fourth-order valence-corrected chi connectivity index (χ4v) is 6.47. The third-order valence-electron chi connectivity index (χ3n) is 6.68. The normalized spacial score (nSPS) is 16.2. The summed E-state index contributed by atoms with van der Waals surface area (Å²) in [5, 5.41) is 9.79. The number of hydrogen-bond acceptors (Lipinski definition) is 5. The van der Waals surface area contributed by atoms with Crippen LogP contribution in [-0.2, 0) is 9.59 Å². The summed E-state index contributed by atoms with van der Waals surface area (Å²) < 4.78 is 15.7. The zero-order valence-electron chi connectivity index (χ0n) is 21.5. The quantitative estimate of drug-likeness (QED) is 0.302. The summed E-state index contributed by atoms with van der Waals surface area (Å²) in [5.74, 6) is 0.0319. The van der Waals surface area contributed by atoms with Gasteiger partial charge in [-0.05, 0) is 61.0 Å². The Kier molecular flexibility index (Phi) is 7.67. The van der Waals surface area contributed by atoms with E-state index in [1.165, 1.54) is 23.9 Å². The molecule has 38 heavy (non-hydrogen) atoms. The highest BCUT2D eigenvalue weighted by molar-refractivity contribution is 8.00. The van der Waals surface area contributed by atoms with Crippen LogP contribution in [0.25, 0.3) is 16.3 Å². The molecular formula is C29H29FN4O2S2. The van der Waals surface area contributed by atoms with E-state index in [4.69, 9.17) is 5.10 Å².